The van der Waals surface area contributed by atoms with Gasteiger partial charge in [-0.05, 0) is 33.3 Å². The first-order valence-electron chi connectivity index (χ1n) is 11.5. The molecule has 0 saturated carbocycles. The van der Waals surface area contributed by atoms with Crippen molar-refractivity contribution in [3.63, 3.8) is 0 Å². The van der Waals surface area contributed by atoms with E-state index in [-0.39, 0.29) is 11.3 Å². The van der Waals surface area contributed by atoms with Gasteiger partial charge in [0.05, 0.1) is 27.3 Å². The molecule has 3 aromatic heterocycles. The Labute approximate surface area is 194 Å². The molecule has 0 aromatic carbocycles. The molecule has 1 amide bonds. The molecule has 3 aromatic rings. The van der Waals surface area contributed by atoms with Gasteiger partial charge in [0, 0.05) is 55.8 Å². The summed E-state index contributed by atoms with van der Waals surface area (Å²) in [4.78, 5) is 27.5. The molecule has 8 heteroatoms. The summed E-state index contributed by atoms with van der Waals surface area (Å²) < 4.78 is 1.89. The van der Waals surface area contributed by atoms with Crippen LogP contribution in [0.25, 0.3) is 11.0 Å². The number of pyridine rings is 1. The van der Waals surface area contributed by atoms with Crippen LogP contribution in [0.15, 0.2) is 11.4 Å². The molecule has 0 bridgehead atoms. The number of thiazole rings is 1. The van der Waals surface area contributed by atoms with Crippen LogP contribution in [-0.2, 0) is 18.5 Å². The summed E-state index contributed by atoms with van der Waals surface area (Å²) in [6.45, 7) is 17.5. The largest absolute Gasteiger partial charge is 0.337 e. The van der Waals surface area contributed by atoms with E-state index in [9.17, 15) is 4.79 Å². The maximum absolute atomic E-state index is 13.6. The van der Waals surface area contributed by atoms with Gasteiger partial charge < -0.3 is 4.90 Å². The van der Waals surface area contributed by atoms with Gasteiger partial charge in [-0.2, -0.15) is 5.10 Å². The number of carbonyl (C=O) groups is 1. The van der Waals surface area contributed by atoms with Gasteiger partial charge >= 0.3 is 0 Å². The Kier molecular flexibility index (Phi) is 6.36. The number of hydrogen-bond acceptors (Lipinski definition) is 6. The Hall–Kier alpha value is -2.32. The number of amides is 1. The van der Waals surface area contributed by atoms with Crippen molar-refractivity contribution in [2.24, 2.45) is 0 Å². The zero-order chi connectivity index (χ0) is 23.0. The highest BCUT2D eigenvalue weighted by atomic mass is 32.1. The number of fused-ring (bicyclic) bond motifs is 1. The Bertz CT molecular complexity index is 1130. The van der Waals surface area contributed by atoms with E-state index >= 15 is 0 Å². The highest BCUT2D eigenvalue weighted by Gasteiger charge is 2.25. The first-order valence-corrected chi connectivity index (χ1v) is 12.4. The van der Waals surface area contributed by atoms with Crippen LogP contribution < -0.4 is 0 Å². The third kappa shape index (κ3) is 4.57. The molecule has 1 fully saturated rings. The maximum Gasteiger partial charge on any atom is 0.254 e. The Morgan fingerprint density at radius 2 is 1.91 bits per heavy atom. The Balaban J connectivity index is 1.50. The summed E-state index contributed by atoms with van der Waals surface area (Å²) in [5, 5.41) is 8.85. The SMILES string of the molecule is CCn1nc(C)c2c(C(=O)N3CCCN(Cc4csc(C(C)(C)C)n4)CC3)cc(C)nc21. The molecule has 32 heavy (non-hydrogen) atoms. The monoisotopic (exact) mass is 454 g/mol. The average Bonchev–Trinajstić information content (AvgIpc) is 3.25. The number of nitrogens with zero attached hydrogens (tertiary/aromatic N) is 6. The van der Waals surface area contributed by atoms with Crippen LogP contribution in [-0.4, -0.2) is 61.6 Å². The summed E-state index contributed by atoms with van der Waals surface area (Å²) in [5.74, 6) is 0.0878. The van der Waals surface area contributed by atoms with E-state index in [2.05, 4.69) is 41.1 Å². The normalized spacial score (nSPS) is 16.0. The van der Waals surface area contributed by atoms with Crippen LogP contribution in [0.4, 0.5) is 0 Å². The second-order valence-corrected chi connectivity index (χ2v) is 10.6. The molecule has 7 nitrogen and oxygen atoms in total. The van der Waals surface area contributed by atoms with E-state index in [1.54, 1.807) is 11.3 Å². The Morgan fingerprint density at radius 3 is 2.59 bits per heavy atom. The first-order chi connectivity index (χ1) is 15.2. The van der Waals surface area contributed by atoms with Crippen LogP contribution in [0, 0.1) is 13.8 Å². The molecule has 4 rings (SSSR count). The third-order valence-corrected chi connectivity index (χ3v) is 7.31. The zero-order valence-electron chi connectivity index (χ0n) is 20.1. The van der Waals surface area contributed by atoms with Gasteiger partial charge in [-0.3, -0.25) is 9.69 Å². The lowest BCUT2D eigenvalue weighted by molar-refractivity contribution is 0.0763. The fourth-order valence-corrected chi connectivity index (χ4v) is 5.22. The molecule has 1 aliphatic rings. The van der Waals surface area contributed by atoms with Crippen molar-refractivity contribution in [3.8, 4) is 0 Å². The number of hydrogen-bond donors (Lipinski definition) is 0. The minimum absolute atomic E-state index is 0.0860. The van der Waals surface area contributed by atoms with Gasteiger partial charge in [0.2, 0.25) is 0 Å². The molecular formula is C24H34N6OS. The van der Waals surface area contributed by atoms with Crippen molar-refractivity contribution in [3.05, 3.63) is 39.1 Å². The lowest BCUT2D eigenvalue weighted by Gasteiger charge is -2.22. The fraction of sp³-hybridized carbons (Fsp3) is 0.583. The number of carbonyl (C=O) groups excluding carboxylic acids is 1. The van der Waals surface area contributed by atoms with Crippen LogP contribution in [0.3, 0.4) is 0 Å². The standard InChI is InChI=1S/C24H34N6OS/c1-7-30-21-20(17(3)27-30)19(13-16(2)25-21)22(31)29-10-8-9-28(11-12-29)14-18-15-32-23(26-18)24(4,5)6/h13,15H,7-12,14H2,1-6H3. The lowest BCUT2D eigenvalue weighted by Crippen LogP contribution is -2.35. The van der Waals surface area contributed by atoms with E-state index in [0.717, 1.165) is 79.4 Å². The topological polar surface area (TPSA) is 67.2 Å². The summed E-state index contributed by atoms with van der Waals surface area (Å²) in [6, 6.07) is 1.92. The molecule has 1 aliphatic heterocycles. The van der Waals surface area contributed by atoms with Gasteiger partial charge in [-0.1, -0.05) is 20.8 Å². The fourth-order valence-electron chi connectivity index (χ4n) is 4.32. The zero-order valence-corrected chi connectivity index (χ0v) is 20.9. The van der Waals surface area contributed by atoms with Crippen LogP contribution >= 0.6 is 11.3 Å². The average molecular weight is 455 g/mol. The van der Waals surface area contributed by atoms with Gasteiger partial charge in [-0.15, -0.1) is 11.3 Å². The van der Waals surface area contributed by atoms with E-state index in [4.69, 9.17) is 4.98 Å². The van der Waals surface area contributed by atoms with Crippen molar-refractivity contribution in [1.82, 2.24) is 29.5 Å². The highest BCUT2D eigenvalue weighted by molar-refractivity contribution is 7.09. The van der Waals surface area contributed by atoms with E-state index in [1.165, 1.54) is 5.01 Å². The molecule has 0 N–H and O–H groups in total. The van der Waals surface area contributed by atoms with Crippen molar-refractivity contribution >= 4 is 28.3 Å². The molecule has 0 unspecified atom stereocenters. The van der Waals surface area contributed by atoms with Crippen molar-refractivity contribution in [2.45, 2.75) is 66.5 Å². The summed E-state index contributed by atoms with van der Waals surface area (Å²) in [5.41, 5.74) is 4.48. The van der Waals surface area contributed by atoms with E-state index in [0.29, 0.717) is 0 Å². The van der Waals surface area contributed by atoms with Gasteiger partial charge in [0.1, 0.15) is 0 Å². The predicted octanol–water partition coefficient (Wildman–Crippen LogP) is 4.17. The van der Waals surface area contributed by atoms with E-state index < -0.39 is 0 Å². The van der Waals surface area contributed by atoms with Crippen molar-refractivity contribution < 1.29 is 4.79 Å². The van der Waals surface area contributed by atoms with Gasteiger partial charge in [0.15, 0.2) is 5.65 Å². The highest BCUT2D eigenvalue weighted by Crippen LogP contribution is 2.27. The molecule has 0 radical (unpaired) electrons. The summed E-state index contributed by atoms with van der Waals surface area (Å²) >= 11 is 1.74. The van der Waals surface area contributed by atoms with Crippen molar-refractivity contribution in [1.29, 1.82) is 0 Å². The molecule has 0 atom stereocenters. The van der Waals surface area contributed by atoms with Crippen molar-refractivity contribution in [2.75, 3.05) is 26.2 Å². The lowest BCUT2D eigenvalue weighted by atomic mass is 9.98. The third-order valence-electron chi connectivity index (χ3n) is 5.99. The summed E-state index contributed by atoms with van der Waals surface area (Å²) in [6.07, 6.45) is 0.961. The Morgan fingerprint density at radius 1 is 1.12 bits per heavy atom. The van der Waals surface area contributed by atoms with E-state index in [1.807, 2.05) is 36.4 Å². The minimum atomic E-state index is 0.0860. The minimum Gasteiger partial charge on any atom is -0.337 e. The van der Waals surface area contributed by atoms with Gasteiger partial charge in [-0.25, -0.2) is 14.6 Å². The van der Waals surface area contributed by atoms with Crippen LogP contribution in [0.5, 0.6) is 0 Å². The second-order valence-electron chi connectivity index (χ2n) is 9.73. The maximum atomic E-state index is 13.6. The smallest absolute Gasteiger partial charge is 0.254 e. The number of rotatable bonds is 4. The first kappa shape index (κ1) is 22.9. The molecule has 172 valence electrons. The second kappa shape index (κ2) is 8.90. The predicted molar refractivity (Wildman–Crippen MR) is 129 cm³/mol. The molecule has 0 aliphatic carbocycles. The summed E-state index contributed by atoms with van der Waals surface area (Å²) in [7, 11) is 0. The molecule has 0 spiro atoms. The molecule has 1 saturated heterocycles. The quantitative estimate of drug-likeness (QED) is 0.592. The van der Waals surface area contributed by atoms with Crippen LogP contribution in [0.2, 0.25) is 0 Å². The van der Waals surface area contributed by atoms with Crippen LogP contribution in [0.1, 0.15) is 66.6 Å². The molecular weight excluding hydrogens is 420 g/mol. The molecule has 4 heterocycles. The number of aryl methyl sites for hydroxylation is 3. The van der Waals surface area contributed by atoms with Gasteiger partial charge in [0.25, 0.3) is 5.91 Å². The number of aromatic nitrogens is 4.